The second kappa shape index (κ2) is 12.8. The van der Waals surface area contributed by atoms with Crippen LogP contribution in [0.25, 0.3) is 93.1 Å². The topological polar surface area (TPSA) is 17.8 Å². The minimum Gasteiger partial charge on any atom is -0.292 e. The lowest BCUT2D eigenvalue weighted by molar-refractivity contribution is 0.812. The fourth-order valence-electron chi connectivity index (χ4n) is 8.61. The number of nitrogens with zero attached hydrogens (tertiary/aromatic N) is 2. The van der Waals surface area contributed by atoms with Crippen molar-refractivity contribution in [2.45, 2.75) is 39.5 Å². The van der Waals surface area contributed by atoms with E-state index in [2.05, 4.69) is 190 Å². The molecule has 1 aliphatic carbocycles. The van der Waals surface area contributed by atoms with Crippen molar-refractivity contribution >= 4 is 32.5 Å². The van der Waals surface area contributed by atoms with Gasteiger partial charge in [0.05, 0.1) is 16.7 Å². The predicted octanol–water partition coefficient (Wildman–Crippen LogP) is 14.8. The van der Waals surface area contributed by atoms with Gasteiger partial charge in [0, 0.05) is 31.7 Å². The average molecular weight is 713 g/mol. The minimum atomic E-state index is 0.294. The highest BCUT2D eigenvalue weighted by molar-refractivity contribution is 7.23. The van der Waals surface area contributed by atoms with Crippen LogP contribution in [0, 0.1) is 0 Å². The molecule has 0 unspecified atom stereocenters. The summed E-state index contributed by atoms with van der Waals surface area (Å²) in [4.78, 5) is 6.83. The van der Waals surface area contributed by atoms with Crippen molar-refractivity contribution in [3.05, 3.63) is 169 Å². The zero-order chi connectivity index (χ0) is 36.5. The van der Waals surface area contributed by atoms with E-state index in [4.69, 9.17) is 4.98 Å². The Kier molecular flexibility index (Phi) is 7.75. The zero-order valence-electron chi connectivity index (χ0n) is 31.0. The first kappa shape index (κ1) is 32.6. The van der Waals surface area contributed by atoms with E-state index in [1.165, 1.54) is 81.8 Å². The van der Waals surface area contributed by atoms with E-state index in [1.54, 1.807) is 0 Å². The molecule has 54 heavy (non-hydrogen) atoms. The molecule has 0 saturated heterocycles. The molecule has 0 fully saturated rings. The number of hydrogen-bond donors (Lipinski definition) is 0. The molecule has 2 heterocycles. The van der Waals surface area contributed by atoms with Crippen LogP contribution in [0.2, 0.25) is 0 Å². The Morgan fingerprint density at radius 1 is 0.481 bits per heavy atom. The molecule has 0 saturated carbocycles. The van der Waals surface area contributed by atoms with Crippen LogP contribution < -0.4 is 0 Å². The molecule has 0 spiro atoms. The summed E-state index contributed by atoms with van der Waals surface area (Å²) in [6, 6.07) is 57.9. The van der Waals surface area contributed by atoms with Gasteiger partial charge in [-0.25, -0.2) is 4.98 Å². The number of imidazole rings is 1. The standard InChI is InChI=1S/C51H40N2S/c1-31(2)43-29-34(33-17-6-5-7-18-33)30-44(32(3)4)48(43)53-46-28-15-14-27-45(46)52-51(53)42-26-16-25-41-47-39-23-12-10-21-37(39)35-19-8-9-20-36(35)38-22-11-13-24-40(38)50(47)54-49(41)42/h5-32H,1-4H3. The van der Waals surface area contributed by atoms with Gasteiger partial charge in [-0.05, 0) is 92.2 Å². The third-order valence-electron chi connectivity index (χ3n) is 11.1. The molecule has 260 valence electrons. The average Bonchev–Trinajstić information content (AvgIpc) is 3.79. The highest BCUT2D eigenvalue weighted by Gasteiger charge is 2.29. The van der Waals surface area contributed by atoms with Crippen LogP contribution in [-0.2, 0) is 0 Å². The molecule has 2 aromatic heterocycles. The van der Waals surface area contributed by atoms with Crippen LogP contribution in [-0.4, -0.2) is 9.55 Å². The summed E-state index contributed by atoms with van der Waals surface area (Å²) < 4.78 is 3.74. The zero-order valence-corrected chi connectivity index (χ0v) is 31.8. The molecule has 0 bridgehead atoms. The van der Waals surface area contributed by atoms with Crippen LogP contribution in [0.5, 0.6) is 0 Å². The summed E-state index contributed by atoms with van der Waals surface area (Å²) in [5.74, 6) is 1.57. The van der Waals surface area contributed by atoms with Crippen molar-refractivity contribution in [2.24, 2.45) is 0 Å². The van der Waals surface area contributed by atoms with E-state index in [-0.39, 0.29) is 0 Å². The maximum Gasteiger partial charge on any atom is 0.147 e. The first-order valence-corrected chi connectivity index (χ1v) is 19.8. The highest BCUT2D eigenvalue weighted by Crippen LogP contribution is 2.54. The molecule has 9 aromatic rings. The molecule has 3 heteroatoms. The van der Waals surface area contributed by atoms with Crippen LogP contribution in [0.3, 0.4) is 0 Å². The third kappa shape index (κ3) is 5.03. The van der Waals surface area contributed by atoms with Gasteiger partial charge in [0.25, 0.3) is 0 Å². The lowest BCUT2D eigenvalue weighted by Crippen LogP contribution is -2.09. The van der Waals surface area contributed by atoms with Gasteiger partial charge in [-0.3, -0.25) is 4.57 Å². The van der Waals surface area contributed by atoms with Gasteiger partial charge in [-0.2, -0.15) is 0 Å². The van der Waals surface area contributed by atoms with Gasteiger partial charge in [-0.15, -0.1) is 11.3 Å². The minimum absolute atomic E-state index is 0.294. The number of fused-ring (bicyclic) bond motifs is 11. The second-order valence-corrected chi connectivity index (χ2v) is 16.1. The largest absolute Gasteiger partial charge is 0.292 e. The van der Waals surface area contributed by atoms with Gasteiger partial charge in [-0.1, -0.05) is 155 Å². The van der Waals surface area contributed by atoms with Gasteiger partial charge in [0.2, 0.25) is 0 Å². The summed E-state index contributed by atoms with van der Waals surface area (Å²) in [5, 5.41) is 1.26. The Labute approximate surface area is 321 Å². The van der Waals surface area contributed by atoms with E-state index in [0.29, 0.717) is 11.8 Å². The summed E-state index contributed by atoms with van der Waals surface area (Å²) in [7, 11) is 0. The van der Waals surface area contributed by atoms with Crippen LogP contribution in [0.4, 0.5) is 0 Å². The number of rotatable bonds is 5. The molecule has 7 aromatic carbocycles. The molecule has 1 aliphatic rings. The second-order valence-electron chi connectivity index (χ2n) is 15.1. The monoisotopic (exact) mass is 712 g/mol. The summed E-state index contributed by atoms with van der Waals surface area (Å²) in [5.41, 5.74) is 18.6. The summed E-state index contributed by atoms with van der Waals surface area (Å²) in [6.45, 7) is 9.29. The third-order valence-corrected chi connectivity index (χ3v) is 12.4. The molecule has 0 N–H and O–H groups in total. The quantitative estimate of drug-likeness (QED) is 0.174. The van der Waals surface area contributed by atoms with Crippen molar-refractivity contribution in [3.63, 3.8) is 0 Å². The lowest BCUT2D eigenvalue weighted by Gasteiger charge is -2.24. The number of para-hydroxylation sites is 2. The van der Waals surface area contributed by atoms with E-state index in [1.807, 2.05) is 11.3 Å². The Morgan fingerprint density at radius 3 is 1.65 bits per heavy atom. The number of thiophene rings is 1. The Bertz CT molecular complexity index is 2860. The fraction of sp³-hybridized carbons (Fsp3) is 0.118. The molecule has 10 rings (SSSR count). The molecule has 0 amide bonds. The normalized spacial score (nSPS) is 12.0. The molecular formula is C51H40N2S. The van der Waals surface area contributed by atoms with Gasteiger partial charge in [0.1, 0.15) is 5.82 Å². The smallest absolute Gasteiger partial charge is 0.147 e. The molecule has 0 atom stereocenters. The van der Waals surface area contributed by atoms with Crippen molar-refractivity contribution < 1.29 is 0 Å². The first-order chi connectivity index (χ1) is 26.5. The maximum absolute atomic E-state index is 5.52. The van der Waals surface area contributed by atoms with Gasteiger partial charge < -0.3 is 0 Å². The maximum atomic E-state index is 5.52. The van der Waals surface area contributed by atoms with E-state index in [0.717, 1.165) is 22.4 Å². The molecule has 0 aliphatic heterocycles. The summed E-state index contributed by atoms with van der Waals surface area (Å²) >= 11 is 1.91. The van der Waals surface area contributed by atoms with Crippen molar-refractivity contribution in [3.8, 4) is 72.0 Å². The van der Waals surface area contributed by atoms with E-state index in [9.17, 15) is 0 Å². The first-order valence-electron chi connectivity index (χ1n) is 19.0. The van der Waals surface area contributed by atoms with Gasteiger partial charge in [0.15, 0.2) is 0 Å². The van der Waals surface area contributed by atoms with Crippen LogP contribution in [0.1, 0.15) is 50.7 Å². The number of benzene rings is 7. The van der Waals surface area contributed by atoms with Gasteiger partial charge >= 0.3 is 0 Å². The van der Waals surface area contributed by atoms with Crippen molar-refractivity contribution in [1.29, 1.82) is 0 Å². The molecule has 2 nitrogen and oxygen atoms in total. The SMILES string of the molecule is CC(C)c1cc(-c2ccccc2)cc(C(C)C)c1-n1c(-c2cccc3c4c(sc23)-c2ccccc2-c2ccccc2-c2ccccc2-4)nc2ccccc21. The lowest BCUT2D eigenvalue weighted by atomic mass is 9.83. The van der Waals surface area contributed by atoms with Crippen LogP contribution in [0.15, 0.2) is 158 Å². The molecule has 0 radical (unpaired) electrons. The molecular weight excluding hydrogens is 673 g/mol. The van der Waals surface area contributed by atoms with E-state index < -0.39 is 0 Å². The summed E-state index contributed by atoms with van der Waals surface area (Å²) in [6.07, 6.45) is 0. The number of hydrogen-bond acceptors (Lipinski definition) is 2. The van der Waals surface area contributed by atoms with Crippen LogP contribution >= 0.6 is 11.3 Å². The Hall–Kier alpha value is -6.03. The van der Waals surface area contributed by atoms with E-state index >= 15 is 0 Å². The highest BCUT2D eigenvalue weighted by atomic mass is 32.1. The Balaban J connectivity index is 1.30. The number of aromatic nitrogens is 2. The van der Waals surface area contributed by atoms with Crippen molar-refractivity contribution in [1.82, 2.24) is 9.55 Å². The predicted molar refractivity (Wildman–Crippen MR) is 231 cm³/mol. The van der Waals surface area contributed by atoms with Crippen molar-refractivity contribution in [2.75, 3.05) is 0 Å². The fourth-order valence-corrected chi connectivity index (χ4v) is 9.97. The Morgan fingerprint density at radius 2 is 1.00 bits per heavy atom.